The number of nitrogens with one attached hydrogen (secondary N) is 1. The van der Waals surface area contributed by atoms with Gasteiger partial charge in [0.25, 0.3) is 0 Å². The fourth-order valence-corrected chi connectivity index (χ4v) is 5.39. The summed E-state index contributed by atoms with van der Waals surface area (Å²) in [7, 11) is -3.96. The first-order valence-electron chi connectivity index (χ1n) is 12.3. The predicted octanol–water partition coefficient (Wildman–Crippen LogP) is 5.58. The molecule has 39 heavy (non-hydrogen) atoms. The number of anilines is 1. The van der Waals surface area contributed by atoms with E-state index in [-0.39, 0.29) is 34.6 Å². The van der Waals surface area contributed by atoms with Crippen LogP contribution in [-0.2, 0) is 32.6 Å². The van der Waals surface area contributed by atoms with Gasteiger partial charge in [-0.25, -0.2) is 8.42 Å². The van der Waals surface area contributed by atoms with Gasteiger partial charge in [-0.05, 0) is 47.9 Å². The lowest BCUT2D eigenvalue weighted by atomic mass is 10.0. The molecular formula is C28H30Cl3N3O4S. The molecule has 1 atom stereocenters. The second-order valence-corrected chi connectivity index (χ2v) is 12.2. The smallest absolute Gasteiger partial charge is 0.244 e. The number of carbonyl (C=O) groups excluding carboxylic acids is 2. The number of hydrogen-bond acceptors (Lipinski definition) is 4. The molecule has 3 aromatic rings. The van der Waals surface area contributed by atoms with Crippen LogP contribution in [0.5, 0.6) is 0 Å². The van der Waals surface area contributed by atoms with Gasteiger partial charge in [-0.2, -0.15) is 0 Å². The highest BCUT2D eigenvalue weighted by molar-refractivity contribution is 7.92. The van der Waals surface area contributed by atoms with Crippen molar-refractivity contribution in [1.29, 1.82) is 0 Å². The minimum atomic E-state index is -3.96. The Labute approximate surface area is 244 Å². The van der Waals surface area contributed by atoms with Gasteiger partial charge in [0, 0.05) is 29.6 Å². The number of hydrogen-bond donors (Lipinski definition) is 1. The third-order valence-corrected chi connectivity index (χ3v) is 7.88. The molecule has 0 aromatic heterocycles. The molecule has 0 unspecified atom stereocenters. The van der Waals surface area contributed by atoms with E-state index in [0.717, 1.165) is 21.7 Å². The topological polar surface area (TPSA) is 86.8 Å². The summed E-state index contributed by atoms with van der Waals surface area (Å²) in [6.07, 6.45) is 1.92. The summed E-state index contributed by atoms with van der Waals surface area (Å²) in [5, 5.41) is 3.79. The molecule has 0 aliphatic rings. The van der Waals surface area contributed by atoms with Crippen molar-refractivity contribution in [2.75, 3.05) is 23.7 Å². The van der Waals surface area contributed by atoms with Gasteiger partial charge in [0.2, 0.25) is 21.8 Å². The van der Waals surface area contributed by atoms with Crippen molar-refractivity contribution >= 4 is 62.3 Å². The first-order valence-corrected chi connectivity index (χ1v) is 15.3. The van der Waals surface area contributed by atoms with Crippen molar-refractivity contribution in [2.24, 2.45) is 0 Å². The molecule has 3 rings (SSSR count). The third kappa shape index (κ3) is 8.86. The summed E-state index contributed by atoms with van der Waals surface area (Å²) in [5.74, 6) is -0.922. The Hall–Kier alpha value is -2.78. The summed E-state index contributed by atoms with van der Waals surface area (Å²) in [6.45, 7) is 1.83. The fourth-order valence-electron chi connectivity index (χ4n) is 3.98. The van der Waals surface area contributed by atoms with E-state index < -0.39 is 28.5 Å². The minimum Gasteiger partial charge on any atom is -0.354 e. The maximum Gasteiger partial charge on any atom is 0.244 e. The van der Waals surface area contributed by atoms with Crippen LogP contribution in [-0.4, -0.2) is 50.5 Å². The van der Waals surface area contributed by atoms with E-state index in [1.54, 1.807) is 24.3 Å². The zero-order valence-corrected chi connectivity index (χ0v) is 24.7. The van der Waals surface area contributed by atoms with E-state index in [9.17, 15) is 18.0 Å². The van der Waals surface area contributed by atoms with Gasteiger partial charge >= 0.3 is 0 Å². The standard InChI is InChI=1S/C28H30Cl3N3O4S/c1-3-15-32-28(36)26(16-20-7-5-4-6-8-20)33(18-21-9-11-22(29)12-10-21)27(35)19-34(39(2,37)38)25-17-23(30)13-14-24(25)31/h4-14,17,26H,3,15-16,18-19H2,1-2H3,(H,32,36)/t26-/m1/s1. The first-order chi connectivity index (χ1) is 18.5. The van der Waals surface area contributed by atoms with Crippen molar-refractivity contribution in [3.05, 3.63) is 99.0 Å². The van der Waals surface area contributed by atoms with Gasteiger partial charge < -0.3 is 10.2 Å². The molecule has 3 aromatic carbocycles. The van der Waals surface area contributed by atoms with Crippen LogP contribution in [0, 0.1) is 0 Å². The summed E-state index contributed by atoms with van der Waals surface area (Å²) < 4.78 is 26.6. The Morgan fingerprint density at radius 2 is 1.54 bits per heavy atom. The molecule has 0 aliphatic carbocycles. The van der Waals surface area contributed by atoms with Crippen LogP contribution in [0.4, 0.5) is 5.69 Å². The minimum absolute atomic E-state index is 0.0495. The third-order valence-electron chi connectivity index (χ3n) is 5.94. The number of nitrogens with zero attached hydrogens (tertiary/aromatic N) is 2. The molecular weight excluding hydrogens is 581 g/mol. The molecule has 1 N–H and O–H groups in total. The van der Waals surface area contributed by atoms with Crippen molar-refractivity contribution in [3.63, 3.8) is 0 Å². The maximum atomic E-state index is 14.0. The zero-order valence-electron chi connectivity index (χ0n) is 21.6. The SMILES string of the molecule is CCCNC(=O)[C@@H](Cc1ccccc1)N(Cc1ccc(Cl)cc1)C(=O)CN(c1cc(Cl)ccc1Cl)S(C)(=O)=O. The van der Waals surface area contributed by atoms with Crippen LogP contribution >= 0.6 is 34.8 Å². The number of rotatable bonds is 12. The average Bonchev–Trinajstić information content (AvgIpc) is 2.90. The molecule has 11 heteroatoms. The Bertz CT molecular complexity index is 1390. The van der Waals surface area contributed by atoms with Crippen molar-refractivity contribution in [2.45, 2.75) is 32.4 Å². The van der Waals surface area contributed by atoms with Gasteiger partial charge in [-0.1, -0.05) is 84.2 Å². The van der Waals surface area contributed by atoms with Gasteiger partial charge in [-0.3, -0.25) is 13.9 Å². The van der Waals surface area contributed by atoms with E-state index in [4.69, 9.17) is 34.8 Å². The maximum absolute atomic E-state index is 14.0. The first kappa shape index (κ1) is 30.8. The quantitative estimate of drug-likeness (QED) is 0.290. The van der Waals surface area contributed by atoms with Crippen LogP contribution in [0.3, 0.4) is 0 Å². The van der Waals surface area contributed by atoms with Crippen molar-refractivity contribution < 1.29 is 18.0 Å². The average molecular weight is 611 g/mol. The molecule has 0 aliphatic heterocycles. The summed E-state index contributed by atoms with van der Waals surface area (Å²) in [6, 6.07) is 19.7. The Balaban J connectivity index is 2.06. The molecule has 0 fully saturated rings. The number of amides is 2. The Kier molecular flexibility index (Phi) is 11.1. The van der Waals surface area contributed by atoms with E-state index in [2.05, 4.69) is 5.32 Å². The van der Waals surface area contributed by atoms with E-state index >= 15 is 0 Å². The fraction of sp³-hybridized carbons (Fsp3) is 0.286. The van der Waals surface area contributed by atoms with E-state index in [1.165, 1.54) is 23.1 Å². The van der Waals surface area contributed by atoms with Crippen molar-refractivity contribution in [3.8, 4) is 0 Å². The number of carbonyl (C=O) groups is 2. The van der Waals surface area contributed by atoms with Crippen LogP contribution in [0.15, 0.2) is 72.8 Å². The monoisotopic (exact) mass is 609 g/mol. The predicted molar refractivity (Wildman–Crippen MR) is 158 cm³/mol. The molecule has 7 nitrogen and oxygen atoms in total. The van der Waals surface area contributed by atoms with Gasteiger partial charge in [-0.15, -0.1) is 0 Å². The highest BCUT2D eigenvalue weighted by atomic mass is 35.5. The molecule has 208 valence electrons. The largest absolute Gasteiger partial charge is 0.354 e. The lowest BCUT2D eigenvalue weighted by molar-refractivity contribution is -0.140. The number of benzene rings is 3. The molecule has 0 heterocycles. The Morgan fingerprint density at radius 3 is 2.15 bits per heavy atom. The van der Waals surface area contributed by atoms with Gasteiger partial charge in [0.15, 0.2) is 0 Å². The zero-order chi connectivity index (χ0) is 28.6. The lowest BCUT2D eigenvalue weighted by Crippen LogP contribution is -2.53. The molecule has 0 saturated carbocycles. The summed E-state index contributed by atoms with van der Waals surface area (Å²) in [5.41, 5.74) is 1.64. The number of halogens is 3. The summed E-state index contributed by atoms with van der Waals surface area (Å²) >= 11 is 18.5. The lowest BCUT2D eigenvalue weighted by Gasteiger charge is -2.33. The van der Waals surface area contributed by atoms with E-state index in [1.807, 2.05) is 37.3 Å². The molecule has 0 saturated heterocycles. The summed E-state index contributed by atoms with van der Waals surface area (Å²) in [4.78, 5) is 28.8. The second-order valence-electron chi connectivity index (χ2n) is 9.01. The van der Waals surface area contributed by atoms with Crippen LogP contribution in [0.1, 0.15) is 24.5 Å². The van der Waals surface area contributed by atoms with Crippen LogP contribution in [0.2, 0.25) is 15.1 Å². The highest BCUT2D eigenvalue weighted by Gasteiger charge is 2.33. The second kappa shape index (κ2) is 14.0. The Morgan fingerprint density at radius 1 is 0.897 bits per heavy atom. The van der Waals surface area contributed by atoms with Crippen molar-refractivity contribution in [1.82, 2.24) is 10.2 Å². The number of sulfonamides is 1. The van der Waals surface area contributed by atoms with E-state index in [0.29, 0.717) is 18.0 Å². The molecule has 2 amide bonds. The molecule has 0 radical (unpaired) electrons. The molecule has 0 spiro atoms. The van der Waals surface area contributed by atoms with Crippen LogP contribution < -0.4 is 9.62 Å². The normalized spacial score (nSPS) is 12.0. The van der Waals surface area contributed by atoms with Crippen LogP contribution in [0.25, 0.3) is 0 Å². The van der Waals surface area contributed by atoms with Gasteiger partial charge in [0.1, 0.15) is 12.6 Å². The highest BCUT2D eigenvalue weighted by Crippen LogP contribution is 2.31. The molecule has 0 bridgehead atoms. The van der Waals surface area contributed by atoms with Gasteiger partial charge in [0.05, 0.1) is 17.0 Å².